The molecule has 5 heteroatoms. The number of hydrogen-bond donors (Lipinski definition) is 2. The third-order valence-corrected chi connectivity index (χ3v) is 1.68. The van der Waals surface area contributed by atoms with Crippen molar-refractivity contribution < 1.29 is 0 Å². The Hall–Kier alpha value is -0.255. The van der Waals surface area contributed by atoms with Crippen LogP contribution in [0.5, 0.6) is 0 Å². The van der Waals surface area contributed by atoms with Crippen molar-refractivity contribution in [3.63, 3.8) is 0 Å². The van der Waals surface area contributed by atoms with Crippen LogP contribution in [0.15, 0.2) is 24.3 Å². The fourth-order valence-electron chi connectivity index (χ4n) is 1.19. The Kier molecular flexibility index (Phi) is 5.19. The maximum absolute atomic E-state index is 3.30. The molecule has 0 saturated heterocycles. The molecule has 2 atom stereocenters. The van der Waals surface area contributed by atoms with Gasteiger partial charge in [-0.2, -0.15) is 18.2 Å². The zero-order chi connectivity index (χ0) is 9.52. The molecule has 2 rings (SSSR count). The maximum Gasteiger partial charge on any atom is 0.165 e. The van der Waals surface area contributed by atoms with Crippen LogP contribution in [0.4, 0.5) is 11.4 Å². The molecule has 0 bridgehead atoms. The Labute approximate surface area is 84.8 Å². The molecule has 69 valence electrons. The van der Waals surface area contributed by atoms with Crippen LogP contribution < -0.4 is 10.6 Å². The van der Waals surface area contributed by atoms with Gasteiger partial charge in [-0.3, -0.25) is 0 Å². The van der Waals surface area contributed by atoms with Crippen LogP contribution in [0.1, 0.15) is 0 Å². The minimum atomic E-state index is 1.02. The van der Waals surface area contributed by atoms with Gasteiger partial charge >= 0.3 is 0 Å². The number of benzene rings is 1. The molecule has 0 spiro atoms. The molecule has 1 aromatic carbocycles. The lowest BCUT2D eigenvalue weighted by molar-refractivity contribution is 1.05. The second kappa shape index (κ2) is 6.24. The quantitative estimate of drug-likeness (QED) is 0.504. The molecule has 2 nitrogen and oxygen atoms in total. The number of nitrogens with one attached hydrogen (secondary N) is 2. The summed E-state index contributed by atoms with van der Waals surface area (Å²) in [5, 5.41) is 6.60. The van der Waals surface area contributed by atoms with Crippen LogP contribution in [0.2, 0.25) is 0 Å². The van der Waals surface area contributed by atoms with Gasteiger partial charge in [0.05, 0.1) is 11.4 Å². The Morgan fingerprint density at radius 2 is 1.38 bits per heavy atom. The minimum absolute atomic E-state index is 1.02. The smallest absolute Gasteiger partial charge is 0.165 e. The van der Waals surface area contributed by atoms with E-state index in [0.29, 0.717) is 0 Å². The van der Waals surface area contributed by atoms with Crippen molar-refractivity contribution in [1.82, 2.24) is 0 Å². The summed E-state index contributed by atoms with van der Waals surface area (Å²) in [7, 11) is 4.83. The highest BCUT2D eigenvalue weighted by Crippen LogP contribution is 2.22. The molecule has 0 aliphatic carbocycles. The number of fused-ring (bicyclic) bond motifs is 1. The van der Waals surface area contributed by atoms with Crippen molar-refractivity contribution in [2.75, 3.05) is 23.7 Å². The standard InChI is InChI=1S/C8H10N2.BH4P2/c1-2-4-8-7(3-1)9-5-6-10-8;2-1-3/h1-4,9-10H,5-6H2;2-3H2. The van der Waals surface area contributed by atoms with E-state index in [2.05, 4.69) is 41.0 Å². The summed E-state index contributed by atoms with van der Waals surface area (Å²) in [6.45, 7) is 3.88. The van der Waals surface area contributed by atoms with Gasteiger partial charge in [0.25, 0.3) is 0 Å². The highest BCUT2D eigenvalue weighted by molar-refractivity contribution is 7.87. The van der Waals surface area contributed by atoms with Gasteiger partial charge in [0.2, 0.25) is 0 Å². The summed E-state index contributed by atoms with van der Waals surface area (Å²) < 4.78 is 0. The second-order valence-electron chi connectivity index (χ2n) is 2.59. The second-order valence-corrected chi connectivity index (χ2v) is 4.13. The van der Waals surface area contributed by atoms with Gasteiger partial charge in [-0.25, -0.2) is 0 Å². The zero-order valence-corrected chi connectivity index (χ0v) is 9.77. The van der Waals surface area contributed by atoms with Gasteiger partial charge in [-0.15, -0.1) is 0 Å². The first kappa shape index (κ1) is 10.8. The van der Waals surface area contributed by atoms with Crippen molar-refractivity contribution in [3.05, 3.63) is 24.3 Å². The SMILES string of the molecule is P[B]P.c1ccc2c(c1)NCCN2. The largest absolute Gasteiger partial charge is 0.382 e. The van der Waals surface area contributed by atoms with Gasteiger partial charge in [0.15, 0.2) is 6.72 Å². The zero-order valence-electron chi connectivity index (χ0n) is 7.46. The average molecular weight is 211 g/mol. The van der Waals surface area contributed by atoms with Crippen LogP contribution in [-0.4, -0.2) is 19.8 Å². The van der Waals surface area contributed by atoms with E-state index in [1.807, 2.05) is 18.9 Å². The maximum atomic E-state index is 3.30. The molecule has 1 aliphatic heterocycles. The predicted octanol–water partition coefficient (Wildman–Crippen LogP) is 1.79. The molecule has 2 N–H and O–H groups in total. The lowest BCUT2D eigenvalue weighted by atomic mass is 10.2. The van der Waals surface area contributed by atoms with Crippen molar-refractivity contribution in [2.45, 2.75) is 0 Å². The molecule has 1 heterocycles. The summed E-state index contributed by atoms with van der Waals surface area (Å²) in [5.74, 6) is 0. The molecule has 1 radical (unpaired) electrons. The van der Waals surface area contributed by atoms with Crippen LogP contribution >= 0.6 is 18.2 Å². The summed E-state index contributed by atoms with van der Waals surface area (Å²) in [5.41, 5.74) is 2.43. The molecule has 13 heavy (non-hydrogen) atoms. The highest BCUT2D eigenvalue weighted by Gasteiger charge is 2.03. The van der Waals surface area contributed by atoms with Crippen molar-refractivity contribution >= 4 is 36.3 Å². The molecule has 1 aliphatic rings. The van der Waals surface area contributed by atoms with Crippen molar-refractivity contribution in [1.29, 1.82) is 0 Å². The first-order chi connectivity index (χ1) is 6.38. The summed E-state index contributed by atoms with van der Waals surface area (Å²) >= 11 is 0. The molecular formula is C8H14BN2P2. The van der Waals surface area contributed by atoms with Crippen LogP contribution in [-0.2, 0) is 0 Å². The first-order valence-electron chi connectivity index (χ1n) is 4.20. The Morgan fingerprint density at radius 1 is 1.00 bits per heavy atom. The minimum Gasteiger partial charge on any atom is -0.382 e. The summed E-state index contributed by atoms with van der Waals surface area (Å²) in [4.78, 5) is 0. The molecule has 0 aromatic heterocycles. The van der Waals surface area contributed by atoms with E-state index in [1.165, 1.54) is 11.4 Å². The Balaban J connectivity index is 0.000000251. The van der Waals surface area contributed by atoms with Gasteiger partial charge in [0.1, 0.15) is 0 Å². The van der Waals surface area contributed by atoms with Gasteiger partial charge in [-0.05, 0) is 12.1 Å². The molecule has 0 saturated carbocycles. The molecule has 0 amide bonds. The van der Waals surface area contributed by atoms with E-state index in [-0.39, 0.29) is 0 Å². The normalized spacial score (nSPS) is 12.5. The number of anilines is 2. The predicted molar refractivity (Wildman–Crippen MR) is 68.6 cm³/mol. The van der Waals surface area contributed by atoms with Crippen molar-refractivity contribution in [2.24, 2.45) is 0 Å². The van der Waals surface area contributed by atoms with E-state index >= 15 is 0 Å². The molecule has 2 unspecified atom stereocenters. The van der Waals surface area contributed by atoms with Gasteiger partial charge < -0.3 is 10.6 Å². The highest BCUT2D eigenvalue weighted by atomic mass is 31.1. The average Bonchev–Trinajstić information content (AvgIpc) is 2.19. The topological polar surface area (TPSA) is 24.1 Å². The molecule has 0 fully saturated rings. The van der Waals surface area contributed by atoms with Crippen LogP contribution in [0.3, 0.4) is 0 Å². The first-order valence-corrected chi connectivity index (χ1v) is 5.53. The fourth-order valence-corrected chi connectivity index (χ4v) is 1.19. The van der Waals surface area contributed by atoms with E-state index in [4.69, 9.17) is 0 Å². The van der Waals surface area contributed by atoms with Crippen LogP contribution in [0, 0.1) is 0 Å². The third kappa shape index (κ3) is 3.54. The Bertz CT molecular complexity index is 233. The number of para-hydroxylation sites is 2. The number of rotatable bonds is 0. The van der Waals surface area contributed by atoms with E-state index in [0.717, 1.165) is 13.1 Å². The molecular weight excluding hydrogens is 197 g/mol. The van der Waals surface area contributed by atoms with E-state index in [9.17, 15) is 0 Å². The van der Waals surface area contributed by atoms with E-state index < -0.39 is 0 Å². The van der Waals surface area contributed by atoms with Gasteiger partial charge in [0, 0.05) is 13.1 Å². The third-order valence-electron chi connectivity index (χ3n) is 1.68. The molecule has 1 aromatic rings. The number of hydrogen-bond acceptors (Lipinski definition) is 2. The van der Waals surface area contributed by atoms with Crippen molar-refractivity contribution in [3.8, 4) is 0 Å². The summed E-state index contributed by atoms with van der Waals surface area (Å²) in [6, 6.07) is 8.25. The fraction of sp³-hybridized carbons (Fsp3) is 0.250. The van der Waals surface area contributed by atoms with E-state index in [1.54, 1.807) is 0 Å². The van der Waals surface area contributed by atoms with Gasteiger partial charge in [-0.1, -0.05) is 12.1 Å². The Morgan fingerprint density at radius 3 is 1.77 bits per heavy atom. The lowest BCUT2D eigenvalue weighted by Crippen LogP contribution is -2.19. The lowest BCUT2D eigenvalue weighted by Gasteiger charge is -2.18. The van der Waals surface area contributed by atoms with Crippen LogP contribution in [0.25, 0.3) is 0 Å². The summed E-state index contributed by atoms with van der Waals surface area (Å²) in [6.07, 6.45) is 0. The monoisotopic (exact) mass is 211 g/mol.